The second-order valence-electron chi connectivity index (χ2n) is 13.8. The van der Waals surface area contributed by atoms with E-state index in [0.717, 1.165) is 61.8 Å². The van der Waals surface area contributed by atoms with Gasteiger partial charge in [-0.2, -0.15) is 0 Å². The molecule has 182 valence electrons. The van der Waals surface area contributed by atoms with Gasteiger partial charge < -0.3 is 10.1 Å². The Morgan fingerprint density at radius 2 is 1.91 bits per heavy atom. The predicted octanol–water partition coefficient (Wildman–Crippen LogP) is 5.10. The largest absolute Gasteiger partial charge is 0.369 e. The first-order valence-corrected chi connectivity index (χ1v) is 14.3. The number of fused-ring (bicyclic) bond motifs is 6. The number of ether oxygens (including phenoxy) is 1. The maximum absolute atomic E-state index is 12.5. The summed E-state index contributed by atoms with van der Waals surface area (Å²) in [4.78, 5) is 12.5. The quantitative estimate of drug-likeness (QED) is 0.411. The van der Waals surface area contributed by atoms with Crippen molar-refractivity contribution in [2.45, 2.75) is 115 Å². The topological polar surface area (TPSA) is 38.3 Å². The maximum atomic E-state index is 12.5. The van der Waals surface area contributed by atoms with Crippen molar-refractivity contribution in [3.8, 4) is 0 Å². The molecule has 0 amide bonds. The van der Waals surface area contributed by atoms with Crippen LogP contribution in [-0.2, 0) is 9.53 Å². The Hall–Kier alpha value is -0.605. The first kappa shape index (κ1) is 22.8. The van der Waals surface area contributed by atoms with Gasteiger partial charge in [0, 0.05) is 24.8 Å². The molecule has 0 radical (unpaired) electrons. The molecule has 3 nitrogen and oxygen atoms in total. The molecule has 11 atom stereocenters. The molecular formula is C29H46BNO2. The molecular weight excluding hydrogens is 405 g/mol. The third-order valence-corrected chi connectivity index (χ3v) is 12.1. The summed E-state index contributed by atoms with van der Waals surface area (Å²) in [5.74, 6) is 5.56. The van der Waals surface area contributed by atoms with Gasteiger partial charge in [0.15, 0.2) is 0 Å². The number of allylic oxidation sites excluding steroid dienone is 1. The molecule has 4 aliphatic carbocycles. The van der Waals surface area contributed by atoms with Gasteiger partial charge in [-0.15, -0.1) is 0 Å². The number of hydrogen-bond donors (Lipinski definition) is 1. The van der Waals surface area contributed by atoms with E-state index in [1.165, 1.54) is 38.5 Å². The molecule has 0 bridgehead atoms. The van der Waals surface area contributed by atoms with Crippen LogP contribution in [0, 0.1) is 40.9 Å². The lowest BCUT2D eigenvalue weighted by Crippen LogP contribution is -2.48. The molecule has 4 heteroatoms. The van der Waals surface area contributed by atoms with Crippen molar-refractivity contribution < 1.29 is 9.53 Å². The van der Waals surface area contributed by atoms with Crippen LogP contribution >= 0.6 is 0 Å². The summed E-state index contributed by atoms with van der Waals surface area (Å²) in [6, 6.07) is 0.545. The van der Waals surface area contributed by atoms with Crippen LogP contribution in [0.15, 0.2) is 11.1 Å². The van der Waals surface area contributed by atoms with Crippen LogP contribution in [0.2, 0.25) is 5.82 Å². The van der Waals surface area contributed by atoms with Crippen LogP contribution in [-0.4, -0.2) is 37.9 Å². The first-order chi connectivity index (χ1) is 15.7. The summed E-state index contributed by atoms with van der Waals surface area (Å²) >= 11 is 0. The van der Waals surface area contributed by atoms with Gasteiger partial charge in [0.05, 0.1) is 11.7 Å². The van der Waals surface area contributed by atoms with Gasteiger partial charge in [-0.25, -0.2) is 0 Å². The molecule has 1 spiro atoms. The molecule has 0 aromatic carbocycles. The van der Waals surface area contributed by atoms with Crippen LogP contribution in [0.5, 0.6) is 0 Å². The van der Waals surface area contributed by atoms with E-state index in [4.69, 9.17) is 4.74 Å². The van der Waals surface area contributed by atoms with E-state index in [2.05, 4.69) is 40.9 Å². The zero-order chi connectivity index (χ0) is 23.1. The summed E-state index contributed by atoms with van der Waals surface area (Å²) in [6.07, 6.45) is 12.2. The fourth-order valence-corrected chi connectivity index (χ4v) is 10.4. The number of carbonyl (C=O) groups is 1. The molecule has 5 fully saturated rings. The van der Waals surface area contributed by atoms with Crippen molar-refractivity contribution in [2.24, 2.45) is 40.9 Å². The van der Waals surface area contributed by atoms with Crippen molar-refractivity contribution in [1.29, 1.82) is 0 Å². The highest BCUT2D eigenvalue weighted by Gasteiger charge is 2.59. The second-order valence-corrected chi connectivity index (χ2v) is 13.8. The minimum absolute atomic E-state index is 0.0493. The van der Waals surface area contributed by atoms with Gasteiger partial charge in [0.1, 0.15) is 13.6 Å². The Labute approximate surface area is 202 Å². The minimum Gasteiger partial charge on any atom is -0.369 e. The van der Waals surface area contributed by atoms with Gasteiger partial charge >= 0.3 is 0 Å². The Morgan fingerprint density at radius 3 is 2.73 bits per heavy atom. The van der Waals surface area contributed by atoms with Crippen molar-refractivity contribution in [3.05, 3.63) is 11.1 Å². The molecule has 6 rings (SSSR count). The van der Waals surface area contributed by atoms with Gasteiger partial charge in [-0.3, -0.25) is 4.79 Å². The number of nitrogens with one attached hydrogen (secondary N) is 1. The molecule has 3 saturated carbocycles. The zero-order valence-electron chi connectivity index (χ0n) is 21.8. The summed E-state index contributed by atoms with van der Waals surface area (Å²) in [7, 11) is 2.38. The van der Waals surface area contributed by atoms with Crippen molar-refractivity contribution in [2.75, 3.05) is 6.54 Å². The molecule has 0 aromatic heterocycles. The number of rotatable bonds is 0. The summed E-state index contributed by atoms with van der Waals surface area (Å²) < 4.78 is 7.04. The molecule has 0 aromatic rings. The number of piperidine rings is 1. The van der Waals surface area contributed by atoms with E-state index in [1.807, 2.05) is 5.57 Å². The lowest BCUT2D eigenvalue weighted by Gasteiger charge is -2.51. The monoisotopic (exact) mass is 451 g/mol. The molecule has 2 saturated heterocycles. The Balaban J connectivity index is 1.29. The van der Waals surface area contributed by atoms with Crippen LogP contribution in [0.25, 0.3) is 0 Å². The van der Waals surface area contributed by atoms with Crippen LogP contribution in [0.3, 0.4) is 0 Å². The number of carbonyl (C=O) groups excluding carboxylic acids is 1. The highest BCUT2D eigenvalue weighted by molar-refractivity contribution is 6.13. The highest BCUT2D eigenvalue weighted by Crippen LogP contribution is 2.65. The molecule has 1 unspecified atom stereocenters. The van der Waals surface area contributed by atoms with Crippen LogP contribution in [0.1, 0.15) is 91.9 Å². The number of hydrogen-bond acceptors (Lipinski definition) is 3. The van der Waals surface area contributed by atoms with E-state index in [1.54, 1.807) is 5.57 Å². The van der Waals surface area contributed by atoms with E-state index in [9.17, 15) is 4.79 Å². The smallest absolute Gasteiger partial charge is 0.132 e. The van der Waals surface area contributed by atoms with E-state index in [0.29, 0.717) is 35.1 Å². The van der Waals surface area contributed by atoms with Crippen molar-refractivity contribution in [3.63, 3.8) is 0 Å². The van der Waals surface area contributed by atoms with Crippen LogP contribution in [0.4, 0.5) is 0 Å². The first-order valence-electron chi connectivity index (χ1n) is 14.3. The fourth-order valence-electron chi connectivity index (χ4n) is 10.4. The average Bonchev–Trinajstić information content (AvgIpc) is 3.18. The normalized spacial score (nSPS) is 54.3. The standard InChI is InChI=1S/C29H46BNO2/c1-16-11-26-27(31-15-16)18(3)29(33-26)10-8-20-21-5-6-23-25(30)12-19(32)7-9-28(23,4)24(21)13-22(20)17(2)14-29/h16,18,20-21,23-27,31H,5-15,30H2,1-4H3/t16-,18+,20-,21-,23+,24-,25?,26+,27-,28-,29-/m0/s1. The second kappa shape index (κ2) is 7.95. The van der Waals surface area contributed by atoms with Gasteiger partial charge in [-0.1, -0.05) is 44.2 Å². The van der Waals surface area contributed by atoms with Crippen molar-refractivity contribution >= 4 is 13.6 Å². The summed E-state index contributed by atoms with van der Waals surface area (Å²) in [5, 5.41) is 3.86. The number of Topliss-reactive ketones (excluding diaryl/α,β-unsaturated/α-hetero) is 1. The third-order valence-electron chi connectivity index (χ3n) is 12.1. The average molecular weight is 452 g/mol. The van der Waals surface area contributed by atoms with E-state index < -0.39 is 0 Å². The lowest BCUT2D eigenvalue weighted by molar-refractivity contribution is -0.119. The van der Waals surface area contributed by atoms with E-state index >= 15 is 0 Å². The molecule has 6 aliphatic rings. The van der Waals surface area contributed by atoms with Gasteiger partial charge in [0.25, 0.3) is 0 Å². The SMILES string of the molecule is BC1CC(=O)CC[C@@]2(C)[C@@H]1CC[C@H]1[C@@H]3CC[C@@]4(CC(C)=C3C[C@@H]12)O[C@@H]1C[C@H](C)CN[C@H]1[C@H]4C. The van der Waals surface area contributed by atoms with Gasteiger partial charge in [0.2, 0.25) is 0 Å². The zero-order valence-corrected chi connectivity index (χ0v) is 21.8. The Kier molecular flexibility index (Phi) is 5.50. The summed E-state index contributed by atoms with van der Waals surface area (Å²) in [5.41, 5.74) is 3.90. The van der Waals surface area contributed by atoms with Gasteiger partial charge in [-0.05, 0) is 93.4 Å². The number of ketones is 1. The Bertz CT molecular complexity index is 855. The van der Waals surface area contributed by atoms with Crippen LogP contribution < -0.4 is 5.32 Å². The molecule has 2 aliphatic heterocycles. The van der Waals surface area contributed by atoms with Crippen molar-refractivity contribution in [1.82, 2.24) is 5.32 Å². The Morgan fingerprint density at radius 1 is 1.09 bits per heavy atom. The highest BCUT2D eigenvalue weighted by atomic mass is 16.5. The molecule has 2 heterocycles. The predicted molar refractivity (Wildman–Crippen MR) is 136 cm³/mol. The maximum Gasteiger partial charge on any atom is 0.132 e. The summed E-state index contributed by atoms with van der Waals surface area (Å²) in [6.45, 7) is 11.0. The van der Waals surface area contributed by atoms with E-state index in [-0.39, 0.29) is 5.60 Å². The molecule has 33 heavy (non-hydrogen) atoms. The third kappa shape index (κ3) is 3.39. The lowest BCUT2D eigenvalue weighted by atomic mass is 9.51. The molecule has 1 N–H and O–H groups in total. The minimum atomic E-state index is 0.0493. The fraction of sp³-hybridized carbons (Fsp3) is 0.897.